The molecular formula is C30H31ClF2N6O3. The lowest BCUT2D eigenvalue weighted by atomic mass is 9.90. The highest BCUT2D eigenvalue weighted by Gasteiger charge is 2.38. The number of anilines is 2. The van der Waals surface area contributed by atoms with Crippen molar-refractivity contribution in [1.29, 1.82) is 0 Å². The van der Waals surface area contributed by atoms with Crippen LogP contribution in [0.3, 0.4) is 0 Å². The molecule has 1 unspecified atom stereocenters. The summed E-state index contributed by atoms with van der Waals surface area (Å²) < 4.78 is 32.6. The van der Waals surface area contributed by atoms with Crippen LogP contribution in [-0.4, -0.2) is 65.8 Å². The maximum atomic E-state index is 13.9. The van der Waals surface area contributed by atoms with Gasteiger partial charge >= 0.3 is 5.97 Å². The second kappa shape index (κ2) is 11.6. The van der Waals surface area contributed by atoms with E-state index >= 15 is 0 Å². The Morgan fingerprint density at radius 2 is 1.74 bits per heavy atom. The minimum Gasteiger partial charge on any atom is -0.467 e. The predicted molar refractivity (Wildman–Crippen MR) is 157 cm³/mol. The Balaban J connectivity index is 1.57. The topological polar surface area (TPSA) is 100 Å². The molecule has 2 aromatic carbocycles. The van der Waals surface area contributed by atoms with Gasteiger partial charge in [0.15, 0.2) is 5.82 Å². The molecule has 1 saturated heterocycles. The van der Waals surface area contributed by atoms with Crippen LogP contribution in [0.25, 0.3) is 0 Å². The third-order valence-corrected chi connectivity index (χ3v) is 7.65. The van der Waals surface area contributed by atoms with Gasteiger partial charge in [-0.05, 0) is 37.1 Å². The Morgan fingerprint density at radius 3 is 2.38 bits per heavy atom. The Kier molecular flexibility index (Phi) is 8.14. The fraction of sp³-hybridized carbons (Fsp3) is 0.367. The molecular weight excluding hydrogens is 566 g/mol. The molecule has 0 bridgehead atoms. The van der Waals surface area contributed by atoms with Gasteiger partial charge in [0.1, 0.15) is 11.1 Å². The van der Waals surface area contributed by atoms with Gasteiger partial charge in [0.25, 0.3) is 11.8 Å². The highest BCUT2D eigenvalue weighted by atomic mass is 35.5. The first-order valence-corrected chi connectivity index (χ1v) is 13.9. The molecule has 3 heterocycles. The minimum atomic E-state index is -2.74. The number of amides is 1. The third-order valence-electron chi connectivity index (χ3n) is 7.40. The number of benzene rings is 2. The summed E-state index contributed by atoms with van der Waals surface area (Å²) in [5.74, 6) is -3.74. The quantitative estimate of drug-likeness (QED) is 0.381. The largest absolute Gasteiger partial charge is 0.467 e. The molecule has 9 nitrogen and oxygen atoms in total. The van der Waals surface area contributed by atoms with Crippen LogP contribution in [0, 0.1) is 0 Å². The number of rotatable bonds is 7. The lowest BCUT2D eigenvalue weighted by Gasteiger charge is -2.32. The predicted octanol–water partition coefficient (Wildman–Crippen LogP) is 5.06. The summed E-state index contributed by atoms with van der Waals surface area (Å²) >= 11 is 6.15. The van der Waals surface area contributed by atoms with E-state index in [1.54, 1.807) is 22.0 Å². The lowest BCUT2D eigenvalue weighted by molar-refractivity contribution is -0.146. The second-order valence-corrected chi connectivity index (χ2v) is 11.3. The number of halogens is 3. The van der Waals surface area contributed by atoms with Crippen LogP contribution in [0.1, 0.15) is 54.1 Å². The number of alkyl halides is 2. The van der Waals surface area contributed by atoms with Gasteiger partial charge in [0, 0.05) is 43.1 Å². The molecule has 5 rings (SSSR count). The summed E-state index contributed by atoms with van der Waals surface area (Å²) in [6, 6.07) is 17.2. The number of esters is 1. The molecule has 0 aliphatic carbocycles. The van der Waals surface area contributed by atoms with Crippen LogP contribution in [0.15, 0.2) is 65.9 Å². The van der Waals surface area contributed by atoms with Gasteiger partial charge < -0.3 is 15.0 Å². The molecule has 42 heavy (non-hydrogen) atoms. The first-order valence-electron chi connectivity index (χ1n) is 13.5. The van der Waals surface area contributed by atoms with Crippen molar-refractivity contribution in [2.24, 2.45) is 5.10 Å². The summed E-state index contributed by atoms with van der Waals surface area (Å²) in [6.07, 6.45) is 0.709. The van der Waals surface area contributed by atoms with E-state index in [2.05, 4.69) is 10.3 Å². The number of hydrogen-bond donors (Lipinski definition) is 1. The number of carbonyl (C=O) groups is 2. The van der Waals surface area contributed by atoms with E-state index in [1.165, 1.54) is 27.2 Å². The molecule has 2 aliphatic rings. The van der Waals surface area contributed by atoms with E-state index in [-0.39, 0.29) is 49.2 Å². The van der Waals surface area contributed by atoms with E-state index < -0.39 is 23.3 Å². The summed E-state index contributed by atoms with van der Waals surface area (Å²) in [4.78, 5) is 36.6. The molecule has 220 valence electrons. The van der Waals surface area contributed by atoms with Crippen LogP contribution in [0.2, 0.25) is 5.02 Å². The molecule has 3 aromatic rings. The molecule has 2 aliphatic heterocycles. The first-order chi connectivity index (χ1) is 20.0. The van der Waals surface area contributed by atoms with E-state index in [4.69, 9.17) is 26.4 Å². The minimum absolute atomic E-state index is 0.0687. The van der Waals surface area contributed by atoms with Gasteiger partial charge in [-0.3, -0.25) is 4.79 Å². The van der Waals surface area contributed by atoms with Crippen molar-refractivity contribution in [3.63, 3.8) is 0 Å². The average Bonchev–Trinajstić information content (AvgIpc) is 3.42. The van der Waals surface area contributed by atoms with Crippen molar-refractivity contribution in [1.82, 2.24) is 15.3 Å². The van der Waals surface area contributed by atoms with E-state index in [0.29, 0.717) is 11.6 Å². The zero-order valence-corrected chi connectivity index (χ0v) is 24.2. The number of nitrogens with one attached hydrogen (secondary N) is 1. The van der Waals surface area contributed by atoms with Gasteiger partial charge in [-0.1, -0.05) is 54.1 Å². The van der Waals surface area contributed by atoms with Crippen LogP contribution in [0.5, 0.6) is 0 Å². The molecule has 1 aromatic heterocycles. The molecule has 0 spiro atoms. The van der Waals surface area contributed by atoms with Crippen molar-refractivity contribution in [3.8, 4) is 0 Å². The Hall–Kier alpha value is -4.12. The van der Waals surface area contributed by atoms with Crippen molar-refractivity contribution >= 4 is 41.0 Å². The number of hydrazone groups is 1. The number of methoxy groups -OCH3 is 1. The van der Waals surface area contributed by atoms with Crippen LogP contribution in [0.4, 0.5) is 20.5 Å². The fourth-order valence-electron chi connectivity index (χ4n) is 5.03. The summed E-state index contributed by atoms with van der Waals surface area (Å²) in [5, 5.41) is 9.83. The zero-order chi connectivity index (χ0) is 30.1. The number of aromatic nitrogens is 2. The zero-order valence-electron chi connectivity index (χ0n) is 23.5. The summed E-state index contributed by atoms with van der Waals surface area (Å²) in [5.41, 5.74) is 1.35. The third kappa shape index (κ3) is 6.20. The van der Waals surface area contributed by atoms with Crippen molar-refractivity contribution < 1.29 is 23.1 Å². The molecule has 0 radical (unpaired) electrons. The number of carbonyl (C=O) groups excluding carboxylic acids is 2. The van der Waals surface area contributed by atoms with Crippen molar-refractivity contribution in [3.05, 3.63) is 82.5 Å². The van der Waals surface area contributed by atoms with Gasteiger partial charge in [-0.15, -0.1) is 0 Å². The number of piperidine rings is 1. The van der Waals surface area contributed by atoms with Gasteiger partial charge in [-0.25, -0.2) is 23.6 Å². The second-order valence-electron chi connectivity index (χ2n) is 10.9. The van der Waals surface area contributed by atoms with Crippen LogP contribution in [-0.2, 0) is 9.53 Å². The monoisotopic (exact) mass is 596 g/mol. The van der Waals surface area contributed by atoms with Gasteiger partial charge in [-0.2, -0.15) is 10.1 Å². The highest BCUT2D eigenvalue weighted by molar-refractivity contribution is 6.30. The van der Waals surface area contributed by atoms with Crippen molar-refractivity contribution in [2.75, 3.05) is 36.7 Å². The Morgan fingerprint density at radius 1 is 1.07 bits per heavy atom. The number of nitrogens with zero attached hydrogens (tertiary/aromatic N) is 5. The lowest BCUT2D eigenvalue weighted by Crippen LogP contribution is -2.50. The van der Waals surface area contributed by atoms with Crippen molar-refractivity contribution in [2.45, 2.75) is 44.1 Å². The van der Waals surface area contributed by atoms with Crippen LogP contribution >= 0.6 is 11.6 Å². The highest BCUT2D eigenvalue weighted by Crippen LogP contribution is 2.35. The first kappa shape index (κ1) is 29.4. The fourth-order valence-corrected chi connectivity index (χ4v) is 5.15. The summed E-state index contributed by atoms with van der Waals surface area (Å²) in [6.45, 7) is 3.53. The normalized spacial score (nSPS) is 18.4. The molecule has 1 N–H and O–H groups in total. The molecule has 1 amide bonds. The van der Waals surface area contributed by atoms with E-state index in [1.807, 2.05) is 42.5 Å². The average molecular weight is 597 g/mol. The molecule has 1 atom stereocenters. The molecule has 1 fully saturated rings. The Labute approximate surface area is 247 Å². The number of ether oxygens (including phenoxy) is 1. The standard InChI is InChI=1S/C30H31ClF2N6O3/c1-29(2,27(41)42-3)36-26(40)22-17-34-28(38-15-13-30(32,33)14-16-38)35-25(22)39-18-23(19-7-5-4-6-8-19)24(37-39)20-9-11-21(31)12-10-20/h4-12,17,23H,13-16,18H2,1-3H3,(H,36,40). The van der Waals surface area contributed by atoms with Gasteiger partial charge in [0.2, 0.25) is 5.95 Å². The Bertz CT molecular complexity index is 1490. The smallest absolute Gasteiger partial charge is 0.330 e. The van der Waals surface area contributed by atoms with E-state index in [0.717, 1.165) is 16.8 Å². The summed E-state index contributed by atoms with van der Waals surface area (Å²) in [7, 11) is 1.24. The maximum Gasteiger partial charge on any atom is 0.330 e. The number of hydrogen-bond acceptors (Lipinski definition) is 8. The molecule has 0 saturated carbocycles. The van der Waals surface area contributed by atoms with Gasteiger partial charge in [0.05, 0.1) is 19.4 Å². The molecule has 12 heteroatoms. The maximum absolute atomic E-state index is 13.9. The van der Waals surface area contributed by atoms with Crippen LogP contribution < -0.4 is 15.2 Å². The van der Waals surface area contributed by atoms with E-state index in [9.17, 15) is 18.4 Å². The SMILES string of the molecule is COC(=O)C(C)(C)NC(=O)c1cnc(N2CCC(F)(F)CC2)nc1N1CC(c2ccccc2)C(c2ccc(Cl)cc2)=N1.